The number of nitrogens with zero attached hydrogens (tertiary/aromatic N) is 1. The summed E-state index contributed by atoms with van der Waals surface area (Å²) in [6.45, 7) is -0.206. The number of rotatable bonds is 4. The summed E-state index contributed by atoms with van der Waals surface area (Å²) < 4.78 is 27.1. The summed E-state index contributed by atoms with van der Waals surface area (Å²) in [5, 5.41) is 15.6. The normalized spacial score (nSPS) is 18.9. The van der Waals surface area contributed by atoms with Crippen molar-refractivity contribution >= 4 is 15.7 Å². The van der Waals surface area contributed by atoms with Crippen LogP contribution in [-0.2, 0) is 34.1 Å². The molecule has 19 heavy (non-hydrogen) atoms. The van der Waals surface area contributed by atoms with E-state index in [2.05, 4.69) is 10.5 Å². The fraction of sp³-hybridized carbons (Fsp3) is 0.636. The molecule has 2 rings (SSSR count). The Bertz CT molecular complexity index is 564. The number of hydrogen-bond donors (Lipinski definition) is 2. The number of fused-ring (bicyclic) bond motifs is 1. The second-order valence-corrected chi connectivity index (χ2v) is 6.91. The van der Waals surface area contributed by atoms with Crippen molar-refractivity contribution in [3.05, 3.63) is 17.0 Å². The van der Waals surface area contributed by atoms with Crippen LogP contribution >= 0.6 is 0 Å². The maximum absolute atomic E-state index is 11.6. The molecule has 8 heteroatoms. The molecule has 0 radical (unpaired) electrons. The van der Waals surface area contributed by atoms with Crippen LogP contribution in [0.1, 0.15) is 23.4 Å². The van der Waals surface area contributed by atoms with Crippen LogP contribution in [0.2, 0.25) is 0 Å². The van der Waals surface area contributed by atoms with Crippen molar-refractivity contribution in [3.63, 3.8) is 0 Å². The molecule has 106 valence electrons. The van der Waals surface area contributed by atoms with E-state index in [-0.39, 0.29) is 12.6 Å². The number of hydrogen-bond acceptors (Lipinski definition) is 6. The van der Waals surface area contributed by atoms with E-state index in [1.807, 2.05) is 0 Å². The quantitative estimate of drug-likeness (QED) is 0.749. The van der Waals surface area contributed by atoms with Gasteiger partial charge in [0.15, 0.2) is 9.84 Å². The van der Waals surface area contributed by atoms with Crippen LogP contribution < -0.4 is 5.32 Å². The smallest absolute Gasteiger partial charge is 0.235 e. The Morgan fingerprint density at radius 1 is 1.58 bits per heavy atom. The summed E-state index contributed by atoms with van der Waals surface area (Å²) in [7, 11) is -3.32. The summed E-state index contributed by atoms with van der Waals surface area (Å²) >= 11 is 0. The van der Waals surface area contributed by atoms with E-state index in [1.165, 1.54) is 0 Å². The van der Waals surface area contributed by atoms with Crippen molar-refractivity contribution in [2.75, 3.05) is 12.0 Å². The van der Waals surface area contributed by atoms with Crippen LogP contribution in [0.5, 0.6) is 0 Å². The summed E-state index contributed by atoms with van der Waals surface area (Å²) in [4.78, 5) is 11.6. The Kier molecular flexibility index (Phi) is 3.91. The van der Waals surface area contributed by atoms with Gasteiger partial charge in [-0.1, -0.05) is 5.16 Å². The maximum atomic E-state index is 11.6. The topological polar surface area (TPSA) is 110 Å². The molecule has 0 saturated heterocycles. The molecule has 0 spiro atoms. The third kappa shape index (κ3) is 3.54. The van der Waals surface area contributed by atoms with E-state index in [0.717, 1.165) is 17.6 Å². The first-order valence-electron chi connectivity index (χ1n) is 5.93. The van der Waals surface area contributed by atoms with E-state index in [4.69, 9.17) is 9.63 Å². The van der Waals surface area contributed by atoms with Gasteiger partial charge in [-0.15, -0.1) is 0 Å². The van der Waals surface area contributed by atoms with E-state index < -0.39 is 21.5 Å². The Morgan fingerprint density at radius 3 is 2.95 bits per heavy atom. The molecule has 1 amide bonds. The lowest BCUT2D eigenvalue weighted by Crippen LogP contribution is -2.41. The Morgan fingerprint density at radius 2 is 2.32 bits per heavy atom. The maximum Gasteiger partial charge on any atom is 0.235 e. The van der Waals surface area contributed by atoms with Crippen LogP contribution in [0.15, 0.2) is 4.52 Å². The highest BCUT2D eigenvalue weighted by molar-refractivity contribution is 7.91. The molecule has 0 bridgehead atoms. The Hall–Kier alpha value is -1.41. The molecule has 7 nitrogen and oxygen atoms in total. The SMILES string of the molecule is CS(=O)(=O)CC(=O)NC1CCc2onc(CO)c2C1. The number of nitrogens with one attached hydrogen (secondary N) is 1. The van der Waals surface area contributed by atoms with Gasteiger partial charge in [0, 0.05) is 24.3 Å². The molecule has 1 aromatic rings. The first kappa shape index (κ1) is 14.0. The number of aromatic nitrogens is 1. The van der Waals surface area contributed by atoms with Gasteiger partial charge in [-0.25, -0.2) is 8.42 Å². The van der Waals surface area contributed by atoms with Crippen molar-refractivity contribution in [3.8, 4) is 0 Å². The predicted molar refractivity (Wildman–Crippen MR) is 66.1 cm³/mol. The molecule has 0 aromatic carbocycles. The van der Waals surface area contributed by atoms with Gasteiger partial charge in [0.25, 0.3) is 0 Å². The van der Waals surface area contributed by atoms with Crippen molar-refractivity contribution in [1.82, 2.24) is 10.5 Å². The highest BCUT2D eigenvalue weighted by Crippen LogP contribution is 2.24. The highest BCUT2D eigenvalue weighted by Gasteiger charge is 2.26. The second kappa shape index (κ2) is 5.30. The molecule has 0 saturated carbocycles. The number of sulfone groups is 1. The van der Waals surface area contributed by atoms with E-state index in [9.17, 15) is 13.2 Å². The minimum absolute atomic E-state index is 0.147. The molecule has 1 heterocycles. The molecule has 2 N–H and O–H groups in total. The van der Waals surface area contributed by atoms with Crippen molar-refractivity contribution in [2.45, 2.75) is 31.9 Å². The molecule has 1 aliphatic carbocycles. The molecule has 1 atom stereocenters. The minimum atomic E-state index is -3.32. The van der Waals surface area contributed by atoms with Gasteiger partial charge in [-0.3, -0.25) is 4.79 Å². The average Bonchev–Trinajstić information content (AvgIpc) is 2.68. The number of aryl methyl sites for hydroxylation is 1. The standard InChI is InChI=1S/C11H16N2O5S/c1-19(16,17)6-11(15)12-7-2-3-10-8(4-7)9(5-14)13-18-10/h7,14H,2-6H2,1H3,(H,12,15). The zero-order valence-corrected chi connectivity index (χ0v) is 11.4. The van der Waals surface area contributed by atoms with Gasteiger partial charge in [0.05, 0.1) is 6.61 Å². The van der Waals surface area contributed by atoms with Gasteiger partial charge in [0.1, 0.15) is 17.2 Å². The molecule has 1 unspecified atom stereocenters. The van der Waals surface area contributed by atoms with Crippen molar-refractivity contribution in [2.24, 2.45) is 0 Å². The van der Waals surface area contributed by atoms with E-state index >= 15 is 0 Å². The van der Waals surface area contributed by atoms with E-state index in [1.54, 1.807) is 0 Å². The van der Waals surface area contributed by atoms with Crippen LogP contribution in [0.4, 0.5) is 0 Å². The Labute approximate surface area is 110 Å². The lowest BCUT2D eigenvalue weighted by atomic mass is 9.92. The summed E-state index contributed by atoms with van der Waals surface area (Å²) in [5.41, 5.74) is 1.30. The lowest BCUT2D eigenvalue weighted by Gasteiger charge is -2.22. The molecule has 0 aliphatic heterocycles. The number of carbonyl (C=O) groups excluding carboxylic acids is 1. The molecular formula is C11H16N2O5S. The first-order valence-corrected chi connectivity index (χ1v) is 7.99. The van der Waals surface area contributed by atoms with Gasteiger partial charge in [-0.05, 0) is 12.8 Å². The van der Waals surface area contributed by atoms with Crippen LogP contribution in [0.3, 0.4) is 0 Å². The molecular weight excluding hydrogens is 272 g/mol. The van der Waals surface area contributed by atoms with Crippen LogP contribution in [-0.4, -0.2) is 42.6 Å². The van der Waals surface area contributed by atoms with E-state index in [0.29, 0.717) is 25.0 Å². The number of carbonyl (C=O) groups is 1. The summed E-state index contributed by atoms with van der Waals surface area (Å²) in [6.07, 6.45) is 2.81. The number of aliphatic hydroxyl groups is 1. The summed E-state index contributed by atoms with van der Waals surface area (Å²) in [6, 6.07) is -0.147. The third-order valence-corrected chi connectivity index (χ3v) is 3.82. The van der Waals surface area contributed by atoms with Crippen LogP contribution in [0, 0.1) is 0 Å². The van der Waals surface area contributed by atoms with Crippen molar-refractivity contribution < 1.29 is 22.8 Å². The van der Waals surface area contributed by atoms with Gasteiger partial charge < -0.3 is 14.9 Å². The first-order chi connectivity index (χ1) is 8.89. The van der Waals surface area contributed by atoms with Crippen LogP contribution in [0.25, 0.3) is 0 Å². The molecule has 1 aromatic heterocycles. The largest absolute Gasteiger partial charge is 0.390 e. The monoisotopic (exact) mass is 288 g/mol. The zero-order valence-electron chi connectivity index (χ0n) is 10.5. The highest BCUT2D eigenvalue weighted by atomic mass is 32.2. The predicted octanol–water partition coefficient (Wildman–Crippen LogP) is -0.815. The number of amides is 1. The average molecular weight is 288 g/mol. The minimum Gasteiger partial charge on any atom is -0.390 e. The lowest BCUT2D eigenvalue weighted by molar-refractivity contribution is -0.119. The van der Waals surface area contributed by atoms with Crippen molar-refractivity contribution in [1.29, 1.82) is 0 Å². The van der Waals surface area contributed by atoms with Gasteiger partial charge in [-0.2, -0.15) is 0 Å². The summed E-state index contributed by atoms with van der Waals surface area (Å²) in [5.74, 6) is -0.275. The molecule has 1 aliphatic rings. The Balaban J connectivity index is 2.00. The zero-order chi connectivity index (χ0) is 14.0. The second-order valence-electron chi connectivity index (χ2n) is 4.77. The van der Waals surface area contributed by atoms with Gasteiger partial charge in [0.2, 0.25) is 5.91 Å². The van der Waals surface area contributed by atoms with Gasteiger partial charge >= 0.3 is 0 Å². The third-order valence-electron chi connectivity index (χ3n) is 3.03. The number of aliphatic hydroxyl groups excluding tert-OH is 1. The fourth-order valence-corrected chi connectivity index (χ4v) is 2.78. The molecule has 0 fully saturated rings. The fourth-order valence-electron chi connectivity index (χ4n) is 2.22.